The molecule has 1 heterocycles. The van der Waals surface area contributed by atoms with Crippen LogP contribution in [0, 0.1) is 0 Å². The van der Waals surface area contributed by atoms with Gasteiger partial charge in [-0.05, 0) is 35.6 Å². The van der Waals surface area contributed by atoms with Gasteiger partial charge in [-0.3, -0.25) is 4.79 Å². The number of amides is 1. The summed E-state index contributed by atoms with van der Waals surface area (Å²) in [5.74, 6) is 0.214. The molecule has 2 aromatic rings. The highest BCUT2D eigenvalue weighted by molar-refractivity contribution is 5.99. The third-order valence-corrected chi connectivity index (χ3v) is 5.10. The number of unbranched alkanes of at least 4 members (excludes halogenated alkanes) is 2. The molecule has 0 fully saturated rings. The van der Waals surface area contributed by atoms with E-state index in [9.17, 15) is 4.79 Å². The van der Waals surface area contributed by atoms with Crippen LogP contribution in [0.15, 0.2) is 48.5 Å². The summed E-state index contributed by atoms with van der Waals surface area (Å²) in [5, 5.41) is 0. The molecule has 0 N–H and O–H groups in total. The van der Waals surface area contributed by atoms with E-state index in [1.807, 2.05) is 18.2 Å². The third-order valence-electron chi connectivity index (χ3n) is 5.10. The molecule has 2 nitrogen and oxygen atoms in total. The summed E-state index contributed by atoms with van der Waals surface area (Å²) < 4.78 is 0. The first kappa shape index (κ1) is 16.8. The maximum Gasteiger partial charge on any atom is 0.254 e. The number of benzene rings is 2. The highest BCUT2D eigenvalue weighted by atomic mass is 16.2. The predicted octanol–water partition coefficient (Wildman–Crippen LogP) is 5.67. The van der Waals surface area contributed by atoms with Crippen LogP contribution in [0.5, 0.6) is 0 Å². The largest absolute Gasteiger partial charge is 0.331 e. The molecule has 0 aromatic heterocycles. The van der Waals surface area contributed by atoms with Gasteiger partial charge in [0.2, 0.25) is 0 Å². The lowest BCUT2D eigenvalue weighted by atomic mass is 10.0. The summed E-state index contributed by atoms with van der Waals surface area (Å²) in [6, 6.07) is 17.0. The highest BCUT2D eigenvalue weighted by Crippen LogP contribution is 2.31. The Morgan fingerprint density at radius 3 is 2.50 bits per heavy atom. The molecule has 0 saturated heterocycles. The van der Waals surface area contributed by atoms with Crippen molar-refractivity contribution in [3.05, 3.63) is 59.7 Å². The average molecular weight is 321 g/mol. The lowest BCUT2D eigenvalue weighted by Gasteiger charge is -2.26. The summed E-state index contributed by atoms with van der Waals surface area (Å²) >= 11 is 0. The number of fused-ring (bicyclic) bond motifs is 1. The molecule has 1 unspecified atom stereocenters. The molecule has 3 rings (SSSR count). The maximum absolute atomic E-state index is 12.9. The number of carbonyl (C=O) groups excluding carboxylic acids is 1. The quantitative estimate of drug-likeness (QED) is 0.602. The normalized spacial score (nSPS) is 14.8. The van der Waals surface area contributed by atoms with Crippen LogP contribution in [-0.4, -0.2) is 16.8 Å². The van der Waals surface area contributed by atoms with E-state index >= 15 is 0 Å². The van der Waals surface area contributed by atoms with E-state index in [-0.39, 0.29) is 5.91 Å². The smallest absolute Gasteiger partial charge is 0.254 e. The second-order valence-corrected chi connectivity index (χ2v) is 6.73. The minimum atomic E-state index is 0.214. The Labute approximate surface area is 145 Å². The van der Waals surface area contributed by atoms with Gasteiger partial charge in [-0.15, -0.1) is 0 Å². The molecule has 1 amide bonds. The first-order valence-corrected chi connectivity index (χ1v) is 9.24. The van der Waals surface area contributed by atoms with Crippen molar-refractivity contribution in [1.82, 2.24) is 4.90 Å². The number of rotatable bonds is 7. The Bertz CT molecular complexity index is 692. The molecule has 126 valence electrons. The van der Waals surface area contributed by atoms with Crippen LogP contribution in [0.4, 0.5) is 0 Å². The first-order valence-electron chi connectivity index (χ1n) is 9.24. The van der Waals surface area contributed by atoms with Crippen molar-refractivity contribution in [2.24, 2.45) is 0 Å². The summed E-state index contributed by atoms with van der Waals surface area (Å²) in [7, 11) is 0. The summed E-state index contributed by atoms with van der Waals surface area (Å²) in [4.78, 5) is 15.0. The molecule has 0 spiro atoms. The Balaban J connectivity index is 1.80. The molecular weight excluding hydrogens is 294 g/mol. The molecule has 0 saturated carbocycles. The van der Waals surface area contributed by atoms with E-state index in [0.29, 0.717) is 6.04 Å². The Morgan fingerprint density at radius 1 is 1.00 bits per heavy atom. The Hall–Kier alpha value is -2.09. The van der Waals surface area contributed by atoms with Crippen molar-refractivity contribution in [2.75, 3.05) is 0 Å². The van der Waals surface area contributed by atoms with Crippen molar-refractivity contribution in [2.45, 2.75) is 58.5 Å². The van der Waals surface area contributed by atoms with Gasteiger partial charge in [-0.25, -0.2) is 0 Å². The molecule has 1 atom stereocenters. The molecular formula is C22H27NO. The number of hydrogen-bond acceptors (Lipinski definition) is 1. The molecule has 2 heteroatoms. The van der Waals surface area contributed by atoms with Crippen molar-refractivity contribution >= 4 is 5.91 Å². The van der Waals surface area contributed by atoms with Crippen molar-refractivity contribution in [3.63, 3.8) is 0 Å². The molecule has 0 aliphatic carbocycles. The topological polar surface area (TPSA) is 20.3 Å². The van der Waals surface area contributed by atoms with Gasteiger partial charge in [0.1, 0.15) is 0 Å². The second kappa shape index (κ2) is 7.65. The second-order valence-electron chi connectivity index (χ2n) is 6.73. The fourth-order valence-corrected chi connectivity index (χ4v) is 3.64. The summed E-state index contributed by atoms with van der Waals surface area (Å²) in [6.07, 6.45) is 5.85. The molecule has 0 radical (unpaired) electrons. The van der Waals surface area contributed by atoms with Gasteiger partial charge in [-0.1, -0.05) is 75.6 Å². The fraction of sp³-hybridized carbons (Fsp3) is 0.409. The van der Waals surface area contributed by atoms with Gasteiger partial charge in [0, 0.05) is 18.2 Å². The van der Waals surface area contributed by atoms with Crippen LogP contribution >= 0.6 is 0 Å². The van der Waals surface area contributed by atoms with Crippen molar-refractivity contribution < 1.29 is 4.79 Å². The lowest BCUT2D eigenvalue weighted by Crippen LogP contribution is -2.35. The number of hydrogen-bond donors (Lipinski definition) is 0. The first-order chi connectivity index (χ1) is 11.7. The van der Waals surface area contributed by atoms with E-state index in [0.717, 1.165) is 30.5 Å². The standard InChI is InChI=1S/C22H27NO/c1-3-5-7-12-20(4-2)23-16-19-14-13-18(15-21(19)22(23)24)17-10-8-6-9-11-17/h6,8-11,13-15,20H,3-5,7,12,16H2,1-2H3. The number of nitrogens with zero attached hydrogens (tertiary/aromatic N) is 1. The average Bonchev–Trinajstić information content (AvgIpc) is 2.96. The van der Waals surface area contributed by atoms with Crippen LogP contribution in [-0.2, 0) is 6.54 Å². The van der Waals surface area contributed by atoms with Gasteiger partial charge < -0.3 is 4.90 Å². The summed E-state index contributed by atoms with van der Waals surface area (Å²) in [5.41, 5.74) is 4.36. The maximum atomic E-state index is 12.9. The molecule has 2 aromatic carbocycles. The fourth-order valence-electron chi connectivity index (χ4n) is 3.64. The minimum Gasteiger partial charge on any atom is -0.331 e. The zero-order chi connectivity index (χ0) is 16.9. The monoisotopic (exact) mass is 321 g/mol. The van der Waals surface area contributed by atoms with Crippen molar-refractivity contribution in [3.8, 4) is 11.1 Å². The SMILES string of the molecule is CCCCCC(CC)N1Cc2ccc(-c3ccccc3)cc2C1=O. The zero-order valence-electron chi connectivity index (χ0n) is 14.8. The van der Waals surface area contributed by atoms with Crippen LogP contribution in [0.25, 0.3) is 11.1 Å². The molecule has 1 aliphatic rings. The van der Waals surface area contributed by atoms with E-state index in [2.05, 4.69) is 49.1 Å². The van der Waals surface area contributed by atoms with E-state index in [1.165, 1.54) is 30.4 Å². The third kappa shape index (κ3) is 3.38. The minimum absolute atomic E-state index is 0.214. The van der Waals surface area contributed by atoms with E-state index in [1.54, 1.807) is 0 Å². The molecule has 1 aliphatic heterocycles. The zero-order valence-corrected chi connectivity index (χ0v) is 14.8. The van der Waals surface area contributed by atoms with Crippen LogP contribution < -0.4 is 0 Å². The molecule has 0 bridgehead atoms. The van der Waals surface area contributed by atoms with Crippen molar-refractivity contribution in [1.29, 1.82) is 0 Å². The summed E-state index contributed by atoms with van der Waals surface area (Å²) in [6.45, 7) is 5.19. The molecule has 24 heavy (non-hydrogen) atoms. The highest BCUT2D eigenvalue weighted by Gasteiger charge is 2.31. The number of carbonyl (C=O) groups is 1. The van der Waals surface area contributed by atoms with Gasteiger partial charge >= 0.3 is 0 Å². The predicted molar refractivity (Wildman–Crippen MR) is 100.0 cm³/mol. The van der Waals surface area contributed by atoms with Crippen LogP contribution in [0.1, 0.15) is 61.9 Å². The van der Waals surface area contributed by atoms with Gasteiger partial charge in [0.15, 0.2) is 0 Å². The van der Waals surface area contributed by atoms with Gasteiger partial charge in [-0.2, -0.15) is 0 Å². The Kier molecular flexibility index (Phi) is 5.34. The van der Waals surface area contributed by atoms with Gasteiger partial charge in [0.25, 0.3) is 5.91 Å². The Morgan fingerprint density at radius 2 is 1.79 bits per heavy atom. The van der Waals surface area contributed by atoms with E-state index < -0.39 is 0 Å². The van der Waals surface area contributed by atoms with E-state index in [4.69, 9.17) is 0 Å². The van der Waals surface area contributed by atoms with Gasteiger partial charge in [0.05, 0.1) is 0 Å². The lowest BCUT2D eigenvalue weighted by molar-refractivity contribution is 0.0685. The van der Waals surface area contributed by atoms with Crippen LogP contribution in [0.2, 0.25) is 0 Å². The van der Waals surface area contributed by atoms with Crippen LogP contribution in [0.3, 0.4) is 0 Å².